The average molecular weight is 193 g/mol. The largest absolute Gasteiger partial charge is 0.107 e. The Hall–Kier alpha value is -0.440. The fraction of sp³-hybridized carbons (Fsp3) is 0.786. The SMILES string of the molecule is [CH2]CCCCCCCCCCC#CC. The fourth-order valence-electron chi connectivity index (χ4n) is 1.58. The molecule has 0 aromatic rings. The van der Waals surface area contributed by atoms with Gasteiger partial charge in [0.2, 0.25) is 0 Å². The van der Waals surface area contributed by atoms with Gasteiger partial charge in [-0.3, -0.25) is 0 Å². The average Bonchev–Trinajstić information content (AvgIpc) is 2.21. The van der Waals surface area contributed by atoms with E-state index in [1.54, 1.807) is 0 Å². The molecule has 14 heavy (non-hydrogen) atoms. The second-order valence-electron chi connectivity index (χ2n) is 3.86. The van der Waals surface area contributed by atoms with E-state index >= 15 is 0 Å². The van der Waals surface area contributed by atoms with Gasteiger partial charge in [-0.2, -0.15) is 0 Å². The molecule has 0 unspecified atom stereocenters. The van der Waals surface area contributed by atoms with Crippen LogP contribution in [-0.4, -0.2) is 0 Å². The molecule has 0 aliphatic rings. The zero-order valence-electron chi connectivity index (χ0n) is 9.78. The van der Waals surface area contributed by atoms with Crippen molar-refractivity contribution in [1.29, 1.82) is 0 Å². The first-order chi connectivity index (χ1) is 6.91. The van der Waals surface area contributed by atoms with Crippen LogP contribution in [0.2, 0.25) is 0 Å². The molecular formula is C14H25. The summed E-state index contributed by atoms with van der Waals surface area (Å²) in [6.07, 6.45) is 13.2. The highest BCUT2D eigenvalue weighted by Crippen LogP contribution is 2.09. The van der Waals surface area contributed by atoms with Crippen LogP contribution in [0.5, 0.6) is 0 Å². The standard InChI is InChI=1S/C14H25/c1-3-5-7-9-11-13-14-12-10-8-6-4-2/h1,3,5,7-14H2,2H3. The van der Waals surface area contributed by atoms with Gasteiger partial charge in [0.25, 0.3) is 0 Å². The highest BCUT2D eigenvalue weighted by Gasteiger charge is 1.90. The van der Waals surface area contributed by atoms with Crippen molar-refractivity contribution >= 4 is 0 Å². The summed E-state index contributed by atoms with van der Waals surface area (Å²) < 4.78 is 0. The van der Waals surface area contributed by atoms with E-state index in [9.17, 15) is 0 Å². The lowest BCUT2D eigenvalue weighted by molar-refractivity contribution is 0.572. The first-order valence-electron chi connectivity index (χ1n) is 6.10. The van der Waals surface area contributed by atoms with Gasteiger partial charge in [0.1, 0.15) is 0 Å². The summed E-state index contributed by atoms with van der Waals surface area (Å²) in [5.74, 6) is 6.05. The van der Waals surface area contributed by atoms with Crippen LogP contribution in [0.25, 0.3) is 0 Å². The van der Waals surface area contributed by atoms with Crippen molar-refractivity contribution in [3.63, 3.8) is 0 Å². The highest BCUT2D eigenvalue weighted by molar-refractivity contribution is 4.94. The third kappa shape index (κ3) is 11.6. The molecule has 0 aromatic heterocycles. The van der Waals surface area contributed by atoms with Crippen LogP contribution < -0.4 is 0 Å². The van der Waals surface area contributed by atoms with Crippen LogP contribution in [0.3, 0.4) is 0 Å². The third-order valence-corrected chi connectivity index (χ3v) is 2.48. The van der Waals surface area contributed by atoms with E-state index in [2.05, 4.69) is 18.8 Å². The molecule has 0 aromatic carbocycles. The maximum absolute atomic E-state index is 3.85. The molecule has 1 radical (unpaired) electrons. The van der Waals surface area contributed by atoms with Crippen LogP contribution in [0.4, 0.5) is 0 Å². The molecule has 0 bridgehead atoms. The van der Waals surface area contributed by atoms with E-state index in [0.29, 0.717) is 0 Å². The molecule has 0 aliphatic carbocycles. The summed E-state index contributed by atoms with van der Waals surface area (Å²) in [7, 11) is 0. The molecule has 81 valence electrons. The van der Waals surface area contributed by atoms with Crippen molar-refractivity contribution in [2.45, 2.75) is 71.1 Å². The second-order valence-corrected chi connectivity index (χ2v) is 3.86. The quantitative estimate of drug-likeness (QED) is 0.366. The predicted octanol–water partition coefficient (Wildman–Crippen LogP) is 4.74. The summed E-state index contributed by atoms with van der Waals surface area (Å²) >= 11 is 0. The maximum atomic E-state index is 3.85. The fourth-order valence-corrected chi connectivity index (χ4v) is 1.58. The number of rotatable bonds is 9. The van der Waals surface area contributed by atoms with Crippen molar-refractivity contribution in [1.82, 2.24) is 0 Å². The summed E-state index contributed by atoms with van der Waals surface area (Å²) in [6.45, 7) is 5.77. The zero-order chi connectivity index (χ0) is 10.5. The van der Waals surface area contributed by atoms with Crippen molar-refractivity contribution in [2.75, 3.05) is 0 Å². The van der Waals surface area contributed by atoms with Gasteiger partial charge in [-0.15, -0.1) is 11.8 Å². The molecule has 0 amide bonds. The Morgan fingerprint density at radius 2 is 1.29 bits per heavy atom. The second kappa shape index (κ2) is 12.6. The molecule has 0 saturated carbocycles. The lowest BCUT2D eigenvalue weighted by atomic mass is 10.1. The van der Waals surface area contributed by atoms with Gasteiger partial charge < -0.3 is 0 Å². The molecule has 0 saturated heterocycles. The molecule has 0 aliphatic heterocycles. The van der Waals surface area contributed by atoms with Crippen molar-refractivity contribution < 1.29 is 0 Å². The minimum absolute atomic E-state index is 1.10. The zero-order valence-corrected chi connectivity index (χ0v) is 9.78. The van der Waals surface area contributed by atoms with Crippen molar-refractivity contribution in [3.8, 4) is 11.8 Å². The van der Waals surface area contributed by atoms with E-state index in [-0.39, 0.29) is 0 Å². The van der Waals surface area contributed by atoms with Gasteiger partial charge in [0.05, 0.1) is 0 Å². The summed E-state index contributed by atoms with van der Waals surface area (Å²) in [5.41, 5.74) is 0. The van der Waals surface area contributed by atoms with E-state index in [1.807, 2.05) is 6.92 Å². The Kier molecular flexibility index (Phi) is 12.2. The lowest BCUT2D eigenvalue weighted by Crippen LogP contribution is -1.80. The van der Waals surface area contributed by atoms with E-state index < -0.39 is 0 Å². The topological polar surface area (TPSA) is 0 Å². The van der Waals surface area contributed by atoms with Crippen LogP contribution >= 0.6 is 0 Å². The van der Waals surface area contributed by atoms with Gasteiger partial charge in [-0.1, -0.05) is 58.3 Å². The Balaban J connectivity index is 2.87. The van der Waals surface area contributed by atoms with Crippen LogP contribution in [-0.2, 0) is 0 Å². The molecule has 0 rings (SSSR count). The Bertz CT molecular complexity index is 147. The number of hydrogen-bond acceptors (Lipinski definition) is 0. The Morgan fingerprint density at radius 1 is 0.786 bits per heavy atom. The van der Waals surface area contributed by atoms with Crippen LogP contribution in [0.1, 0.15) is 71.1 Å². The molecule has 0 nitrogen and oxygen atoms in total. The maximum Gasteiger partial charge on any atom is 0.00885 e. The third-order valence-electron chi connectivity index (χ3n) is 2.48. The monoisotopic (exact) mass is 193 g/mol. The van der Waals surface area contributed by atoms with Gasteiger partial charge >= 0.3 is 0 Å². The molecular weight excluding hydrogens is 168 g/mol. The van der Waals surface area contributed by atoms with Gasteiger partial charge in [-0.05, 0) is 13.3 Å². The van der Waals surface area contributed by atoms with Gasteiger partial charge in [0.15, 0.2) is 0 Å². The first kappa shape index (κ1) is 13.6. The minimum Gasteiger partial charge on any atom is -0.107 e. The molecule has 0 fully saturated rings. The smallest absolute Gasteiger partial charge is 0.00885 e. The number of hydrogen-bond donors (Lipinski definition) is 0. The Morgan fingerprint density at radius 3 is 1.79 bits per heavy atom. The van der Waals surface area contributed by atoms with Gasteiger partial charge in [-0.25, -0.2) is 0 Å². The molecule has 0 heteroatoms. The molecule has 0 spiro atoms. The summed E-state index contributed by atoms with van der Waals surface area (Å²) in [5, 5.41) is 0. The Labute approximate surface area is 90.5 Å². The van der Waals surface area contributed by atoms with Crippen molar-refractivity contribution in [3.05, 3.63) is 6.92 Å². The normalized spacial score (nSPS) is 9.57. The predicted molar refractivity (Wildman–Crippen MR) is 65.0 cm³/mol. The van der Waals surface area contributed by atoms with E-state index in [1.165, 1.54) is 51.4 Å². The summed E-state index contributed by atoms with van der Waals surface area (Å²) in [4.78, 5) is 0. The molecule has 0 heterocycles. The molecule has 0 atom stereocenters. The van der Waals surface area contributed by atoms with E-state index in [4.69, 9.17) is 0 Å². The summed E-state index contributed by atoms with van der Waals surface area (Å²) in [6, 6.07) is 0. The van der Waals surface area contributed by atoms with Crippen LogP contribution in [0.15, 0.2) is 0 Å². The van der Waals surface area contributed by atoms with Crippen molar-refractivity contribution in [2.24, 2.45) is 0 Å². The molecule has 0 N–H and O–H groups in total. The first-order valence-corrected chi connectivity index (χ1v) is 6.10. The van der Waals surface area contributed by atoms with Crippen LogP contribution in [0, 0.1) is 18.8 Å². The van der Waals surface area contributed by atoms with E-state index in [0.717, 1.165) is 12.8 Å². The number of unbranched alkanes of at least 4 members (excludes halogenated alkanes) is 9. The van der Waals surface area contributed by atoms with Gasteiger partial charge in [0, 0.05) is 6.42 Å². The lowest BCUT2D eigenvalue weighted by Gasteiger charge is -1.99. The minimum atomic E-state index is 1.10. The highest BCUT2D eigenvalue weighted by atomic mass is 14.0.